The van der Waals surface area contributed by atoms with Gasteiger partial charge in [-0.3, -0.25) is 4.79 Å². The largest absolute Gasteiger partial charge is 0.333 e. The monoisotopic (exact) mass is 345 g/mol. The molecular formula is C17H16ClN3OS. The van der Waals surface area contributed by atoms with E-state index in [-0.39, 0.29) is 11.2 Å². The molecular weight excluding hydrogens is 330 g/mol. The molecule has 1 amide bonds. The smallest absolute Gasteiger partial charge is 0.237 e. The highest BCUT2D eigenvalue weighted by atomic mass is 35.5. The zero-order valence-electron chi connectivity index (χ0n) is 12.8. The molecule has 0 aliphatic carbocycles. The highest BCUT2D eigenvalue weighted by Crippen LogP contribution is 2.25. The first-order chi connectivity index (χ1) is 11.0. The third-order valence-corrected chi connectivity index (χ3v) is 4.62. The molecule has 0 saturated heterocycles. The fourth-order valence-corrected chi connectivity index (χ4v) is 3.11. The van der Waals surface area contributed by atoms with E-state index in [1.165, 1.54) is 11.8 Å². The van der Waals surface area contributed by atoms with Gasteiger partial charge in [0.15, 0.2) is 5.16 Å². The average molecular weight is 346 g/mol. The van der Waals surface area contributed by atoms with Crippen molar-refractivity contribution < 1.29 is 4.79 Å². The fourth-order valence-electron chi connectivity index (χ4n) is 2.12. The van der Waals surface area contributed by atoms with Gasteiger partial charge < -0.3 is 10.3 Å². The number of nitrogens with zero attached hydrogens (tertiary/aromatic N) is 1. The Balaban J connectivity index is 1.68. The molecule has 3 rings (SSSR count). The number of nitrogens with one attached hydrogen (secondary N) is 2. The number of aromatic nitrogens is 2. The second kappa shape index (κ2) is 6.64. The summed E-state index contributed by atoms with van der Waals surface area (Å²) >= 11 is 7.35. The van der Waals surface area contributed by atoms with Gasteiger partial charge in [0.05, 0.1) is 16.3 Å². The molecule has 0 spiro atoms. The number of thioether (sulfide) groups is 1. The van der Waals surface area contributed by atoms with Crippen molar-refractivity contribution in [2.45, 2.75) is 24.3 Å². The molecule has 1 atom stereocenters. The van der Waals surface area contributed by atoms with Gasteiger partial charge in [0.2, 0.25) is 5.91 Å². The van der Waals surface area contributed by atoms with E-state index in [1.807, 2.05) is 50.2 Å². The summed E-state index contributed by atoms with van der Waals surface area (Å²) in [7, 11) is 0. The Kier molecular flexibility index (Phi) is 4.59. The number of benzene rings is 2. The van der Waals surface area contributed by atoms with Gasteiger partial charge in [-0.2, -0.15) is 0 Å². The maximum atomic E-state index is 12.3. The number of aromatic amines is 1. The first-order valence-electron chi connectivity index (χ1n) is 7.21. The Morgan fingerprint density at radius 3 is 2.74 bits per heavy atom. The number of amides is 1. The van der Waals surface area contributed by atoms with Crippen LogP contribution in [0.1, 0.15) is 12.5 Å². The van der Waals surface area contributed by atoms with Gasteiger partial charge in [0.25, 0.3) is 0 Å². The van der Waals surface area contributed by atoms with Crippen LogP contribution in [0.5, 0.6) is 0 Å². The number of halogens is 1. The Bertz CT molecular complexity index is 845. The summed E-state index contributed by atoms with van der Waals surface area (Å²) in [5, 5.41) is 4.00. The van der Waals surface area contributed by atoms with Crippen LogP contribution in [0.3, 0.4) is 0 Å². The lowest BCUT2D eigenvalue weighted by Gasteiger charge is -2.10. The summed E-state index contributed by atoms with van der Waals surface area (Å²) < 4.78 is 0. The lowest BCUT2D eigenvalue weighted by molar-refractivity contribution is -0.115. The summed E-state index contributed by atoms with van der Waals surface area (Å²) in [6.07, 6.45) is 0. The zero-order valence-corrected chi connectivity index (χ0v) is 14.3. The number of rotatable bonds is 4. The molecule has 2 N–H and O–H groups in total. The number of carbonyl (C=O) groups is 1. The molecule has 0 aliphatic heterocycles. The standard InChI is InChI=1S/C17H16ClN3OS/c1-10-3-6-13(7-4-10)19-16(22)11(2)23-17-20-14-8-5-12(18)9-15(14)21-17/h3-9,11H,1-2H3,(H,19,22)(H,20,21). The number of carbonyl (C=O) groups excluding carboxylic acids is 1. The molecule has 3 aromatic rings. The second-order valence-corrected chi connectivity index (χ2v) is 7.08. The minimum atomic E-state index is -0.271. The van der Waals surface area contributed by atoms with E-state index in [2.05, 4.69) is 15.3 Å². The molecule has 118 valence electrons. The van der Waals surface area contributed by atoms with E-state index in [4.69, 9.17) is 11.6 Å². The van der Waals surface area contributed by atoms with Crippen LogP contribution in [0.4, 0.5) is 5.69 Å². The molecule has 0 aliphatic rings. The summed E-state index contributed by atoms with van der Waals surface area (Å²) in [5.74, 6) is -0.0580. The van der Waals surface area contributed by atoms with Crippen molar-refractivity contribution in [1.82, 2.24) is 9.97 Å². The summed E-state index contributed by atoms with van der Waals surface area (Å²) in [5.41, 5.74) is 3.66. The highest BCUT2D eigenvalue weighted by molar-refractivity contribution is 8.00. The van der Waals surface area contributed by atoms with Crippen LogP contribution in [0.15, 0.2) is 47.6 Å². The first kappa shape index (κ1) is 15.9. The van der Waals surface area contributed by atoms with Crippen molar-refractivity contribution in [2.75, 3.05) is 5.32 Å². The molecule has 0 radical (unpaired) electrons. The molecule has 1 aromatic heterocycles. The Labute approximate surface area is 143 Å². The molecule has 0 bridgehead atoms. The van der Waals surface area contributed by atoms with E-state index in [0.29, 0.717) is 10.2 Å². The number of H-pyrrole nitrogens is 1. The van der Waals surface area contributed by atoms with Crippen molar-refractivity contribution in [1.29, 1.82) is 0 Å². The molecule has 6 heteroatoms. The van der Waals surface area contributed by atoms with E-state index >= 15 is 0 Å². The zero-order chi connectivity index (χ0) is 16.4. The van der Waals surface area contributed by atoms with E-state index in [9.17, 15) is 4.79 Å². The van der Waals surface area contributed by atoms with Gasteiger partial charge in [-0.05, 0) is 44.2 Å². The van der Waals surface area contributed by atoms with Crippen LogP contribution < -0.4 is 5.32 Å². The average Bonchev–Trinajstić information content (AvgIpc) is 2.90. The maximum absolute atomic E-state index is 12.3. The van der Waals surface area contributed by atoms with Gasteiger partial charge in [0, 0.05) is 10.7 Å². The molecule has 0 fully saturated rings. The van der Waals surface area contributed by atoms with Crippen LogP contribution >= 0.6 is 23.4 Å². The van der Waals surface area contributed by atoms with Crippen LogP contribution in [-0.4, -0.2) is 21.1 Å². The maximum Gasteiger partial charge on any atom is 0.237 e. The predicted molar refractivity (Wildman–Crippen MR) is 96.2 cm³/mol. The highest BCUT2D eigenvalue weighted by Gasteiger charge is 2.16. The normalized spacial score (nSPS) is 12.3. The molecule has 23 heavy (non-hydrogen) atoms. The van der Waals surface area contributed by atoms with Crippen LogP contribution in [0.25, 0.3) is 11.0 Å². The Morgan fingerprint density at radius 2 is 2.00 bits per heavy atom. The number of fused-ring (bicyclic) bond motifs is 1. The van der Waals surface area contributed by atoms with E-state index in [0.717, 1.165) is 22.3 Å². The molecule has 2 aromatic carbocycles. The molecule has 0 saturated carbocycles. The Morgan fingerprint density at radius 1 is 1.26 bits per heavy atom. The van der Waals surface area contributed by atoms with Crippen LogP contribution in [0.2, 0.25) is 5.02 Å². The van der Waals surface area contributed by atoms with E-state index in [1.54, 1.807) is 6.07 Å². The molecule has 1 heterocycles. The Hall–Kier alpha value is -1.98. The number of aryl methyl sites for hydroxylation is 1. The van der Waals surface area contributed by atoms with Gasteiger partial charge in [0.1, 0.15) is 0 Å². The fraction of sp³-hybridized carbons (Fsp3) is 0.176. The third-order valence-electron chi connectivity index (χ3n) is 3.40. The first-order valence-corrected chi connectivity index (χ1v) is 8.46. The lowest BCUT2D eigenvalue weighted by atomic mass is 10.2. The van der Waals surface area contributed by atoms with E-state index < -0.39 is 0 Å². The van der Waals surface area contributed by atoms with Crippen molar-refractivity contribution in [2.24, 2.45) is 0 Å². The van der Waals surface area contributed by atoms with Crippen molar-refractivity contribution >= 4 is 46.0 Å². The molecule has 4 nitrogen and oxygen atoms in total. The van der Waals surface area contributed by atoms with Gasteiger partial charge in [-0.1, -0.05) is 41.1 Å². The van der Waals surface area contributed by atoms with Gasteiger partial charge in [-0.25, -0.2) is 4.98 Å². The molecule has 1 unspecified atom stereocenters. The topological polar surface area (TPSA) is 57.8 Å². The van der Waals surface area contributed by atoms with Gasteiger partial charge >= 0.3 is 0 Å². The van der Waals surface area contributed by atoms with Crippen molar-refractivity contribution in [3.63, 3.8) is 0 Å². The third kappa shape index (κ3) is 3.86. The summed E-state index contributed by atoms with van der Waals surface area (Å²) in [6, 6.07) is 13.2. The summed E-state index contributed by atoms with van der Waals surface area (Å²) in [6.45, 7) is 3.87. The SMILES string of the molecule is Cc1ccc(NC(=O)C(C)Sc2nc3ccc(Cl)cc3[nH]2)cc1. The quantitative estimate of drug-likeness (QED) is 0.677. The number of hydrogen-bond donors (Lipinski definition) is 2. The lowest BCUT2D eigenvalue weighted by Crippen LogP contribution is -2.22. The minimum absolute atomic E-state index is 0.0580. The van der Waals surface area contributed by atoms with Crippen molar-refractivity contribution in [3.05, 3.63) is 53.1 Å². The number of anilines is 1. The predicted octanol–water partition coefficient (Wildman–Crippen LogP) is 4.64. The van der Waals surface area contributed by atoms with Crippen LogP contribution in [-0.2, 0) is 4.79 Å². The second-order valence-electron chi connectivity index (χ2n) is 5.32. The minimum Gasteiger partial charge on any atom is -0.333 e. The van der Waals surface area contributed by atoms with Crippen LogP contribution in [0, 0.1) is 6.92 Å². The van der Waals surface area contributed by atoms with Gasteiger partial charge in [-0.15, -0.1) is 0 Å². The number of hydrogen-bond acceptors (Lipinski definition) is 3. The summed E-state index contributed by atoms with van der Waals surface area (Å²) in [4.78, 5) is 19.9. The van der Waals surface area contributed by atoms with Crippen molar-refractivity contribution in [3.8, 4) is 0 Å². The number of imidazole rings is 1.